The van der Waals surface area contributed by atoms with Crippen LogP contribution in [0.3, 0.4) is 0 Å². The van der Waals surface area contributed by atoms with Crippen molar-refractivity contribution in [3.8, 4) is 0 Å². The molecule has 0 aliphatic heterocycles. The molecule has 0 radical (unpaired) electrons. The van der Waals surface area contributed by atoms with Crippen molar-refractivity contribution in [3.05, 3.63) is 66.1 Å². The normalized spacial score (nSPS) is 17.6. The Kier molecular flexibility index (Phi) is 1.61. The van der Waals surface area contributed by atoms with Crippen molar-refractivity contribution in [3.63, 3.8) is 0 Å². The molecule has 0 fully saturated rings. The zero-order valence-corrected chi connectivity index (χ0v) is 9.22. The number of hydrogen-bond acceptors (Lipinski definition) is 1. The third-order valence-electron chi connectivity index (χ3n) is 3.59. The molecule has 3 aromatic rings. The van der Waals surface area contributed by atoms with Gasteiger partial charge in [-0.05, 0) is 23.6 Å². The van der Waals surface area contributed by atoms with E-state index < -0.39 is 6.10 Å². The molecule has 0 heterocycles. The van der Waals surface area contributed by atoms with Crippen molar-refractivity contribution in [1.82, 2.24) is 0 Å². The Morgan fingerprint density at radius 2 is 1.76 bits per heavy atom. The van der Waals surface area contributed by atoms with Gasteiger partial charge in [0, 0.05) is 16.8 Å². The summed E-state index contributed by atoms with van der Waals surface area (Å²) >= 11 is 0. The molecular weight excluding hydrogens is 208 g/mol. The van der Waals surface area contributed by atoms with Crippen molar-refractivity contribution >= 4 is 21.5 Å². The maximum Gasteiger partial charge on any atom is 0.156 e. The third kappa shape index (κ3) is 1.09. The molecule has 17 heavy (non-hydrogen) atoms. The SMILES string of the molecule is OC1[CH+]c2cccc3cc4ccccc4c1c23. The Labute approximate surface area is 99.3 Å². The minimum absolute atomic E-state index is 0.471. The molecule has 0 aromatic heterocycles. The van der Waals surface area contributed by atoms with E-state index in [1.165, 1.54) is 16.2 Å². The van der Waals surface area contributed by atoms with Gasteiger partial charge in [0.25, 0.3) is 0 Å². The number of aliphatic hydroxyl groups excluding tert-OH is 1. The summed E-state index contributed by atoms with van der Waals surface area (Å²) in [5.41, 5.74) is 2.21. The van der Waals surface area contributed by atoms with Crippen LogP contribution < -0.4 is 0 Å². The van der Waals surface area contributed by atoms with Crippen molar-refractivity contribution in [2.75, 3.05) is 0 Å². The Hall–Kier alpha value is -1.99. The summed E-state index contributed by atoms with van der Waals surface area (Å²) in [6.07, 6.45) is 1.46. The van der Waals surface area contributed by atoms with Crippen LogP contribution in [-0.4, -0.2) is 5.11 Å². The summed E-state index contributed by atoms with van der Waals surface area (Å²) in [4.78, 5) is 0. The molecular formula is C16H11O+. The number of hydrogen-bond donors (Lipinski definition) is 1. The van der Waals surface area contributed by atoms with E-state index in [2.05, 4.69) is 30.3 Å². The lowest BCUT2D eigenvalue weighted by Crippen LogP contribution is -1.92. The highest BCUT2D eigenvalue weighted by molar-refractivity contribution is 6.06. The molecule has 3 aromatic carbocycles. The van der Waals surface area contributed by atoms with Crippen molar-refractivity contribution in [1.29, 1.82) is 0 Å². The van der Waals surface area contributed by atoms with E-state index in [9.17, 15) is 5.11 Å². The molecule has 0 bridgehead atoms. The van der Waals surface area contributed by atoms with E-state index in [1.54, 1.807) is 0 Å². The zero-order valence-electron chi connectivity index (χ0n) is 9.22. The van der Waals surface area contributed by atoms with E-state index in [1.807, 2.05) is 24.6 Å². The summed E-state index contributed by atoms with van der Waals surface area (Å²) in [5.74, 6) is 0. The molecule has 0 saturated heterocycles. The molecule has 0 amide bonds. The summed E-state index contributed by atoms with van der Waals surface area (Å²) in [7, 11) is 0. The fourth-order valence-electron chi connectivity index (χ4n) is 2.89. The lowest BCUT2D eigenvalue weighted by atomic mass is 9.97. The molecule has 1 unspecified atom stereocenters. The molecule has 1 heteroatoms. The second kappa shape index (κ2) is 3.02. The lowest BCUT2D eigenvalue weighted by Gasteiger charge is -2.04. The highest BCUT2D eigenvalue weighted by Crippen LogP contribution is 2.42. The number of fused-ring (bicyclic) bond motifs is 2. The van der Waals surface area contributed by atoms with Crippen LogP contribution in [0.4, 0.5) is 0 Å². The minimum atomic E-state index is -0.471. The van der Waals surface area contributed by atoms with E-state index >= 15 is 0 Å². The van der Waals surface area contributed by atoms with Crippen LogP contribution in [0.15, 0.2) is 48.5 Å². The maximum absolute atomic E-state index is 10.2. The van der Waals surface area contributed by atoms with Crippen LogP contribution in [-0.2, 0) is 0 Å². The van der Waals surface area contributed by atoms with Gasteiger partial charge < -0.3 is 5.11 Å². The van der Waals surface area contributed by atoms with Crippen molar-refractivity contribution < 1.29 is 5.11 Å². The number of benzene rings is 3. The van der Waals surface area contributed by atoms with Crippen LogP contribution in [0.1, 0.15) is 17.2 Å². The lowest BCUT2D eigenvalue weighted by molar-refractivity contribution is 0.222. The molecule has 0 spiro atoms. The van der Waals surface area contributed by atoms with Crippen LogP contribution in [0, 0.1) is 6.42 Å². The molecule has 1 N–H and O–H groups in total. The minimum Gasteiger partial charge on any atom is -0.371 e. The quantitative estimate of drug-likeness (QED) is 0.452. The van der Waals surface area contributed by atoms with Crippen LogP contribution >= 0.6 is 0 Å². The monoisotopic (exact) mass is 219 g/mol. The largest absolute Gasteiger partial charge is 0.371 e. The second-order valence-electron chi connectivity index (χ2n) is 4.57. The van der Waals surface area contributed by atoms with Gasteiger partial charge in [0.05, 0.1) is 17.4 Å². The van der Waals surface area contributed by atoms with Gasteiger partial charge in [-0.2, -0.15) is 0 Å². The van der Waals surface area contributed by atoms with Crippen LogP contribution in [0.25, 0.3) is 21.5 Å². The highest BCUT2D eigenvalue weighted by Gasteiger charge is 2.32. The van der Waals surface area contributed by atoms with E-state index in [-0.39, 0.29) is 0 Å². The molecule has 4 rings (SSSR count). The molecule has 80 valence electrons. The van der Waals surface area contributed by atoms with Gasteiger partial charge in [0.1, 0.15) is 5.56 Å². The summed E-state index contributed by atoms with van der Waals surface area (Å²) in [6.45, 7) is 0. The highest BCUT2D eigenvalue weighted by atomic mass is 16.3. The van der Waals surface area contributed by atoms with E-state index in [0.717, 1.165) is 16.5 Å². The molecule has 1 aliphatic carbocycles. The van der Waals surface area contributed by atoms with Gasteiger partial charge in [-0.3, -0.25) is 0 Å². The first-order chi connectivity index (χ1) is 8.34. The fraction of sp³-hybridized carbons (Fsp3) is 0.0625. The van der Waals surface area contributed by atoms with Gasteiger partial charge in [0.2, 0.25) is 0 Å². The number of rotatable bonds is 0. The average molecular weight is 219 g/mol. The first-order valence-electron chi connectivity index (χ1n) is 5.82. The van der Waals surface area contributed by atoms with Crippen molar-refractivity contribution in [2.45, 2.75) is 6.10 Å². The van der Waals surface area contributed by atoms with Gasteiger partial charge in [0.15, 0.2) is 6.10 Å². The predicted molar refractivity (Wildman–Crippen MR) is 69.8 cm³/mol. The zero-order chi connectivity index (χ0) is 11.4. The standard InChI is InChI=1S/C16H11O/c17-14-9-12-6-3-5-11-8-10-4-1-2-7-13(10)16(14)15(11)12/h1-9,14,17H/q+1. The van der Waals surface area contributed by atoms with Crippen LogP contribution in [0.2, 0.25) is 0 Å². The Balaban J connectivity index is 2.32. The predicted octanol–water partition coefficient (Wildman–Crippen LogP) is 3.59. The Morgan fingerprint density at radius 1 is 0.941 bits per heavy atom. The average Bonchev–Trinajstić information content (AvgIpc) is 2.69. The van der Waals surface area contributed by atoms with Gasteiger partial charge in [-0.1, -0.05) is 24.3 Å². The Bertz CT molecular complexity index is 743. The first kappa shape index (κ1) is 9.08. The molecule has 1 nitrogen and oxygen atoms in total. The maximum atomic E-state index is 10.2. The first-order valence-corrected chi connectivity index (χ1v) is 5.82. The molecule has 1 aliphatic rings. The molecule has 1 atom stereocenters. The van der Waals surface area contributed by atoms with Crippen molar-refractivity contribution in [2.24, 2.45) is 0 Å². The third-order valence-corrected chi connectivity index (χ3v) is 3.59. The summed E-state index contributed by atoms with van der Waals surface area (Å²) in [5, 5.41) is 15.0. The molecule has 0 saturated carbocycles. The summed E-state index contributed by atoms with van der Waals surface area (Å²) in [6, 6.07) is 16.7. The van der Waals surface area contributed by atoms with E-state index in [0.29, 0.717) is 0 Å². The van der Waals surface area contributed by atoms with E-state index in [4.69, 9.17) is 0 Å². The second-order valence-corrected chi connectivity index (χ2v) is 4.57. The number of aliphatic hydroxyl groups is 1. The Morgan fingerprint density at radius 3 is 2.71 bits per heavy atom. The van der Waals surface area contributed by atoms with Gasteiger partial charge in [-0.15, -0.1) is 0 Å². The smallest absolute Gasteiger partial charge is 0.156 e. The topological polar surface area (TPSA) is 20.2 Å². The van der Waals surface area contributed by atoms with Gasteiger partial charge in [-0.25, -0.2) is 0 Å². The fourth-order valence-corrected chi connectivity index (χ4v) is 2.89. The van der Waals surface area contributed by atoms with Gasteiger partial charge >= 0.3 is 0 Å². The summed E-state index contributed by atoms with van der Waals surface area (Å²) < 4.78 is 0. The van der Waals surface area contributed by atoms with Crippen LogP contribution in [0.5, 0.6) is 0 Å².